The minimum atomic E-state index is 0.335. The maximum atomic E-state index is 5.94. The highest BCUT2D eigenvalue weighted by Crippen LogP contribution is 2.38. The topological polar surface area (TPSA) is 38.0 Å². The molecule has 0 aliphatic carbocycles. The third kappa shape index (κ3) is 3.83. The predicted molar refractivity (Wildman–Crippen MR) is 97.3 cm³/mol. The molecule has 3 N–H and O–H groups in total. The molecule has 0 amide bonds. The van der Waals surface area contributed by atoms with Crippen molar-refractivity contribution in [1.82, 2.24) is 0 Å². The first-order valence-electron chi connectivity index (χ1n) is 6.99. The lowest BCUT2D eigenvalue weighted by Gasteiger charge is -2.25. The minimum Gasteiger partial charge on any atom is -0.389 e. The van der Waals surface area contributed by atoms with Gasteiger partial charge >= 0.3 is 0 Å². The lowest BCUT2D eigenvalue weighted by Crippen LogP contribution is -2.28. The number of benzene rings is 1. The summed E-state index contributed by atoms with van der Waals surface area (Å²) in [5.74, 6) is 2.29. The van der Waals surface area contributed by atoms with Crippen molar-refractivity contribution in [3.05, 3.63) is 23.8 Å². The number of thiocarbonyl (C=S) groups is 1. The van der Waals surface area contributed by atoms with Crippen LogP contribution in [0.1, 0.15) is 32.3 Å². The zero-order chi connectivity index (χ0) is 14.6. The second kappa shape index (κ2) is 7.05. The SMILES string of the molecule is CCSc1cccc(NCC2(C)CCCS2)c1C(N)=S. The van der Waals surface area contributed by atoms with E-state index in [1.54, 1.807) is 11.8 Å². The summed E-state index contributed by atoms with van der Waals surface area (Å²) in [7, 11) is 0. The minimum absolute atomic E-state index is 0.335. The highest BCUT2D eigenvalue weighted by atomic mass is 32.2. The highest BCUT2D eigenvalue weighted by Gasteiger charge is 2.29. The van der Waals surface area contributed by atoms with Gasteiger partial charge in [0.1, 0.15) is 4.99 Å². The van der Waals surface area contributed by atoms with Crippen LogP contribution in [0.3, 0.4) is 0 Å². The van der Waals surface area contributed by atoms with E-state index >= 15 is 0 Å². The Hall–Kier alpha value is -0.390. The van der Waals surface area contributed by atoms with E-state index in [4.69, 9.17) is 18.0 Å². The van der Waals surface area contributed by atoms with Crippen molar-refractivity contribution in [1.29, 1.82) is 0 Å². The van der Waals surface area contributed by atoms with Crippen LogP contribution in [0.5, 0.6) is 0 Å². The quantitative estimate of drug-likeness (QED) is 0.607. The van der Waals surface area contributed by atoms with Gasteiger partial charge in [0.15, 0.2) is 0 Å². The number of nitrogens with one attached hydrogen (secondary N) is 1. The molecule has 110 valence electrons. The van der Waals surface area contributed by atoms with Crippen molar-refractivity contribution in [2.24, 2.45) is 5.73 Å². The zero-order valence-electron chi connectivity index (χ0n) is 12.1. The fraction of sp³-hybridized carbons (Fsp3) is 0.533. The van der Waals surface area contributed by atoms with E-state index in [9.17, 15) is 0 Å². The average molecular weight is 327 g/mol. The molecule has 1 aliphatic rings. The Bertz CT molecular complexity index is 482. The van der Waals surface area contributed by atoms with Crippen LogP contribution >= 0.6 is 35.7 Å². The van der Waals surface area contributed by atoms with Crippen LogP contribution in [-0.4, -0.2) is 27.8 Å². The molecule has 1 heterocycles. The molecule has 20 heavy (non-hydrogen) atoms. The first-order valence-corrected chi connectivity index (χ1v) is 9.37. The van der Waals surface area contributed by atoms with Crippen molar-refractivity contribution in [3.63, 3.8) is 0 Å². The Morgan fingerprint density at radius 1 is 1.55 bits per heavy atom. The van der Waals surface area contributed by atoms with Crippen molar-refractivity contribution < 1.29 is 0 Å². The lowest BCUT2D eigenvalue weighted by atomic mass is 10.1. The average Bonchev–Trinajstić information content (AvgIpc) is 2.84. The van der Waals surface area contributed by atoms with Crippen LogP contribution in [0.2, 0.25) is 0 Å². The zero-order valence-corrected chi connectivity index (χ0v) is 14.5. The van der Waals surface area contributed by atoms with Gasteiger partial charge in [-0.25, -0.2) is 0 Å². The van der Waals surface area contributed by atoms with Crippen LogP contribution in [0.15, 0.2) is 23.1 Å². The summed E-state index contributed by atoms with van der Waals surface area (Å²) in [5, 5.41) is 3.57. The van der Waals surface area contributed by atoms with Gasteiger partial charge in [-0.15, -0.1) is 11.8 Å². The van der Waals surface area contributed by atoms with Crippen LogP contribution in [0, 0.1) is 0 Å². The van der Waals surface area contributed by atoms with Gasteiger partial charge in [-0.2, -0.15) is 11.8 Å². The second-order valence-electron chi connectivity index (χ2n) is 5.23. The van der Waals surface area contributed by atoms with E-state index in [1.807, 2.05) is 0 Å². The Morgan fingerprint density at radius 3 is 2.95 bits per heavy atom. The Kier molecular flexibility index (Phi) is 5.64. The molecule has 5 heteroatoms. The summed E-state index contributed by atoms with van der Waals surface area (Å²) in [6, 6.07) is 6.25. The molecule has 0 spiro atoms. The van der Waals surface area contributed by atoms with Crippen LogP contribution in [-0.2, 0) is 0 Å². The van der Waals surface area contributed by atoms with Crippen LogP contribution < -0.4 is 11.1 Å². The van der Waals surface area contributed by atoms with Crippen molar-refractivity contribution in [3.8, 4) is 0 Å². The van der Waals surface area contributed by atoms with Crippen LogP contribution in [0.4, 0.5) is 5.69 Å². The number of nitrogens with two attached hydrogens (primary N) is 1. The Morgan fingerprint density at radius 2 is 2.35 bits per heavy atom. The summed E-state index contributed by atoms with van der Waals surface area (Å²) >= 11 is 9.10. The van der Waals surface area contributed by atoms with Gasteiger partial charge in [-0.05, 0) is 43.4 Å². The van der Waals surface area contributed by atoms with Crippen LogP contribution in [0.25, 0.3) is 0 Å². The Balaban J connectivity index is 2.18. The normalized spacial score (nSPS) is 21.9. The number of hydrogen-bond donors (Lipinski definition) is 2. The number of hydrogen-bond acceptors (Lipinski definition) is 4. The molecule has 0 bridgehead atoms. The van der Waals surface area contributed by atoms with Gasteiger partial charge < -0.3 is 11.1 Å². The first kappa shape index (κ1) is 16.0. The van der Waals surface area contributed by atoms with Gasteiger partial charge in [0.2, 0.25) is 0 Å². The molecule has 1 aliphatic heterocycles. The van der Waals surface area contributed by atoms with Crippen molar-refractivity contribution in [2.45, 2.75) is 36.3 Å². The fourth-order valence-corrected chi connectivity index (χ4v) is 4.85. The Labute approximate surface area is 135 Å². The summed E-state index contributed by atoms with van der Waals surface area (Å²) in [5.41, 5.74) is 8.01. The predicted octanol–water partition coefficient (Wildman–Crippen LogP) is 4.13. The van der Waals surface area contributed by atoms with Gasteiger partial charge in [0.25, 0.3) is 0 Å². The first-order chi connectivity index (χ1) is 9.56. The van der Waals surface area contributed by atoms with E-state index < -0.39 is 0 Å². The molecule has 1 aromatic rings. The van der Waals surface area contributed by atoms with Gasteiger partial charge in [-0.3, -0.25) is 0 Å². The van der Waals surface area contributed by atoms with E-state index in [0.29, 0.717) is 9.74 Å². The summed E-state index contributed by atoms with van der Waals surface area (Å²) < 4.78 is 0.335. The maximum absolute atomic E-state index is 5.94. The lowest BCUT2D eigenvalue weighted by molar-refractivity contribution is 0.634. The molecule has 0 radical (unpaired) electrons. The van der Waals surface area contributed by atoms with Gasteiger partial charge in [0.05, 0.1) is 0 Å². The molecule has 0 aromatic heterocycles. The molecule has 2 rings (SSSR count). The number of rotatable bonds is 6. The van der Waals surface area contributed by atoms with E-state index in [0.717, 1.165) is 23.5 Å². The maximum Gasteiger partial charge on any atom is 0.107 e. The monoisotopic (exact) mass is 326 g/mol. The smallest absolute Gasteiger partial charge is 0.107 e. The molecule has 1 unspecified atom stereocenters. The summed E-state index contributed by atoms with van der Waals surface area (Å²) in [6.45, 7) is 5.45. The molecular formula is C15H22N2S3. The third-order valence-electron chi connectivity index (χ3n) is 3.53. The van der Waals surface area contributed by atoms with Gasteiger partial charge in [-0.1, -0.05) is 25.2 Å². The largest absolute Gasteiger partial charge is 0.389 e. The van der Waals surface area contributed by atoms with E-state index in [2.05, 4.69) is 49.1 Å². The molecule has 2 nitrogen and oxygen atoms in total. The molecule has 1 saturated heterocycles. The standard InChI is InChI=1S/C15H22N2S3/c1-3-19-12-7-4-6-11(13(12)14(16)18)17-10-15(2)8-5-9-20-15/h4,6-7,17H,3,5,8-10H2,1-2H3,(H2,16,18). The molecule has 1 atom stereocenters. The molecule has 1 fully saturated rings. The third-order valence-corrected chi connectivity index (χ3v) is 6.21. The highest BCUT2D eigenvalue weighted by molar-refractivity contribution is 8.00. The van der Waals surface area contributed by atoms with E-state index in [1.165, 1.54) is 23.5 Å². The fourth-order valence-electron chi connectivity index (χ4n) is 2.47. The van der Waals surface area contributed by atoms with Crippen molar-refractivity contribution in [2.75, 3.05) is 23.4 Å². The molecule has 0 saturated carbocycles. The van der Waals surface area contributed by atoms with Crippen molar-refractivity contribution >= 4 is 46.4 Å². The van der Waals surface area contributed by atoms with Gasteiger partial charge in [0, 0.05) is 27.4 Å². The number of thioether (sulfide) groups is 2. The number of anilines is 1. The summed E-state index contributed by atoms with van der Waals surface area (Å²) in [4.78, 5) is 1.66. The van der Waals surface area contributed by atoms with E-state index in [-0.39, 0.29) is 0 Å². The molecule has 1 aromatic carbocycles. The summed E-state index contributed by atoms with van der Waals surface area (Å²) in [6.07, 6.45) is 2.59. The molecular weight excluding hydrogens is 304 g/mol. The second-order valence-corrected chi connectivity index (χ2v) is 8.66.